The minimum atomic E-state index is -0.784. The fourth-order valence-corrected chi connectivity index (χ4v) is 1.58. The Kier molecular flexibility index (Phi) is 9.99. The molecule has 0 atom stereocenters. The SMILES string of the molecule is CCCCCC(C#COCC)(OCC)OCC. The third-order valence-electron chi connectivity index (χ3n) is 2.32. The van der Waals surface area contributed by atoms with E-state index in [1.807, 2.05) is 20.8 Å². The van der Waals surface area contributed by atoms with E-state index in [-0.39, 0.29) is 0 Å². The first kappa shape index (κ1) is 16.3. The first-order valence-electron chi connectivity index (χ1n) is 6.66. The molecule has 17 heavy (non-hydrogen) atoms. The molecular weight excluding hydrogens is 216 g/mol. The van der Waals surface area contributed by atoms with Crippen molar-refractivity contribution in [3.8, 4) is 12.0 Å². The Labute approximate surface area is 106 Å². The summed E-state index contributed by atoms with van der Waals surface area (Å²) in [4.78, 5) is 0. The summed E-state index contributed by atoms with van der Waals surface area (Å²) in [5.41, 5.74) is 0. The zero-order chi connectivity index (χ0) is 13.0. The summed E-state index contributed by atoms with van der Waals surface area (Å²) in [5.74, 6) is 2.19. The molecule has 0 aliphatic rings. The van der Waals surface area contributed by atoms with E-state index >= 15 is 0 Å². The Morgan fingerprint density at radius 1 is 0.882 bits per heavy atom. The zero-order valence-corrected chi connectivity index (χ0v) is 11.7. The van der Waals surface area contributed by atoms with Gasteiger partial charge in [0.1, 0.15) is 6.11 Å². The molecule has 0 spiro atoms. The molecule has 0 bridgehead atoms. The van der Waals surface area contributed by atoms with Gasteiger partial charge in [0, 0.05) is 25.6 Å². The highest BCUT2D eigenvalue weighted by Crippen LogP contribution is 2.21. The van der Waals surface area contributed by atoms with E-state index in [4.69, 9.17) is 14.2 Å². The molecule has 0 N–H and O–H groups in total. The lowest BCUT2D eigenvalue weighted by Gasteiger charge is -2.27. The van der Waals surface area contributed by atoms with Crippen LogP contribution >= 0.6 is 0 Å². The Bertz CT molecular complexity index is 221. The highest BCUT2D eigenvalue weighted by Gasteiger charge is 2.28. The number of hydrogen-bond donors (Lipinski definition) is 0. The van der Waals surface area contributed by atoms with Crippen LogP contribution in [0.25, 0.3) is 0 Å². The van der Waals surface area contributed by atoms with Gasteiger partial charge in [-0.1, -0.05) is 19.8 Å². The third-order valence-corrected chi connectivity index (χ3v) is 2.32. The van der Waals surface area contributed by atoms with Gasteiger partial charge in [-0.05, 0) is 27.2 Å². The molecule has 0 saturated carbocycles. The summed E-state index contributed by atoms with van der Waals surface area (Å²) in [6, 6.07) is 0. The van der Waals surface area contributed by atoms with E-state index in [0.29, 0.717) is 19.8 Å². The van der Waals surface area contributed by atoms with Crippen molar-refractivity contribution in [1.82, 2.24) is 0 Å². The maximum Gasteiger partial charge on any atom is 0.236 e. The van der Waals surface area contributed by atoms with Crippen LogP contribution < -0.4 is 0 Å². The van der Waals surface area contributed by atoms with Crippen LogP contribution in [0.1, 0.15) is 53.4 Å². The molecular formula is C14H26O3. The Morgan fingerprint density at radius 2 is 1.53 bits per heavy atom. The van der Waals surface area contributed by atoms with Crippen molar-refractivity contribution in [3.63, 3.8) is 0 Å². The second-order valence-corrected chi connectivity index (χ2v) is 3.74. The molecule has 3 heteroatoms. The van der Waals surface area contributed by atoms with Crippen molar-refractivity contribution < 1.29 is 14.2 Å². The van der Waals surface area contributed by atoms with Crippen LogP contribution in [-0.2, 0) is 14.2 Å². The Morgan fingerprint density at radius 3 is 2.00 bits per heavy atom. The topological polar surface area (TPSA) is 27.7 Å². The minimum absolute atomic E-state index is 0.580. The smallest absolute Gasteiger partial charge is 0.236 e. The lowest BCUT2D eigenvalue weighted by molar-refractivity contribution is -0.196. The summed E-state index contributed by atoms with van der Waals surface area (Å²) < 4.78 is 16.4. The molecule has 0 aromatic rings. The van der Waals surface area contributed by atoms with Crippen LogP contribution in [0.5, 0.6) is 0 Å². The van der Waals surface area contributed by atoms with E-state index < -0.39 is 5.79 Å². The lowest BCUT2D eigenvalue weighted by atomic mass is 10.1. The van der Waals surface area contributed by atoms with Crippen molar-refractivity contribution in [2.75, 3.05) is 19.8 Å². The van der Waals surface area contributed by atoms with Crippen LogP contribution in [-0.4, -0.2) is 25.6 Å². The van der Waals surface area contributed by atoms with Gasteiger partial charge in [0.05, 0.1) is 6.61 Å². The summed E-state index contributed by atoms with van der Waals surface area (Å²) >= 11 is 0. The van der Waals surface area contributed by atoms with Crippen LogP contribution in [0, 0.1) is 12.0 Å². The summed E-state index contributed by atoms with van der Waals surface area (Å²) in [6.07, 6.45) is 6.86. The quantitative estimate of drug-likeness (QED) is 0.352. The summed E-state index contributed by atoms with van der Waals surface area (Å²) in [5, 5.41) is 0. The van der Waals surface area contributed by atoms with Crippen molar-refractivity contribution in [3.05, 3.63) is 0 Å². The van der Waals surface area contributed by atoms with Crippen LogP contribution in [0.3, 0.4) is 0 Å². The minimum Gasteiger partial charge on any atom is -0.447 e. The number of hydrogen-bond acceptors (Lipinski definition) is 3. The van der Waals surface area contributed by atoms with Crippen LogP contribution in [0.15, 0.2) is 0 Å². The van der Waals surface area contributed by atoms with Crippen molar-refractivity contribution in [2.45, 2.75) is 59.2 Å². The average molecular weight is 242 g/mol. The predicted octanol–water partition coefficient (Wildman–Crippen LogP) is 3.33. The lowest BCUT2D eigenvalue weighted by Crippen LogP contribution is -2.34. The van der Waals surface area contributed by atoms with Crippen molar-refractivity contribution in [2.24, 2.45) is 0 Å². The molecule has 0 rings (SSSR count). The molecule has 3 nitrogen and oxygen atoms in total. The molecule has 100 valence electrons. The van der Waals surface area contributed by atoms with Gasteiger partial charge in [-0.3, -0.25) is 0 Å². The summed E-state index contributed by atoms with van der Waals surface area (Å²) in [6.45, 7) is 9.76. The molecule has 0 saturated heterocycles. The second kappa shape index (κ2) is 10.4. The highest BCUT2D eigenvalue weighted by molar-refractivity contribution is 5.06. The van der Waals surface area contributed by atoms with Crippen molar-refractivity contribution in [1.29, 1.82) is 0 Å². The largest absolute Gasteiger partial charge is 0.447 e. The van der Waals surface area contributed by atoms with Gasteiger partial charge in [-0.15, -0.1) is 0 Å². The molecule has 0 fully saturated rings. The van der Waals surface area contributed by atoms with E-state index in [1.165, 1.54) is 6.42 Å². The molecule has 0 amide bonds. The first-order chi connectivity index (χ1) is 8.24. The number of ether oxygens (including phenoxy) is 3. The van der Waals surface area contributed by atoms with Crippen LogP contribution in [0.4, 0.5) is 0 Å². The van der Waals surface area contributed by atoms with E-state index in [1.54, 1.807) is 0 Å². The predicted molar refractivity (Wildman–Crippen MR) is 69.5 cm³/mol. The number of rotatable bonds is 9. The third kappa shape index (κ3) is 7.25. The average Bonchev–Trinajstić information content (AvgIpc) is 2.30. The first-order valence-corrected chi connectivity index (χ1v) is 6.66. The van der Waals surface area contributed by atoms with E-state index in [9.17, 15) is 0 Å². The molecule has 0 aliphatic carbocycles. The Hall–Kier alpha value is -0.720. The van der Waals surface area contributed by atoms with Gasteiger partial charge in [0.25, 0.3) is 0 Å². The normalized spacial score (nSPS) is 10.8. The monoisotopic (exact) mass is 242 g/mol. The highest BCUT2D eigenvalue weighted by atomic mass is 16.7. The molecule has 0 radical (unpaired) electrons. The van der Waals surface area contributed by atoms with Gasteiger partial charge >= 0.3 is 0 Å². The molecule has 0 heterocycles. The molecule has 0 aliphatic heterocycles. The fourth-order valence-electron chi connectivity index (χ4n) is 1.58. The van der Waals surface area contributed by atoms with Crippen molar-refractivity contribution >= 4 is 0 Å². The molecule has 0 aromatic carbocycles. The second-order valence-electron chi connectivity index (χ2n) is 3.74. The maximum absolute atomic E-state index is 5.69. The van der Waals surface area contributed by atoms with Gasteiger partial charge in [-0.25, -0.2) is 0 Å². The van der Waals surface area contributed by atoms with E-state index in [0.717, 1.165) is 19.3 Å². The van der Waals surface area contributed by atoms with Gasteiger partial charge < -0.3 is 14.2 Å². The standard InChI is InChI=1S/C14H26O3/c1-5-9-10-11-14(16-7-3,17-8-4)12-13-15-6-2/h5-11H2,1-4H3. The van der Waals surface area contributed by atoms with Gasteiger partial charge in [-0.2, -0.15) is 0 Å². The van der Waals surface area contributed by atoms with E-state index in [2.05, 4.69) is 19.0 Å². The number of unbranched alkanes of at least 4 members (excludes halogenated alkanes) is 2. The van der Waals surface area contributed by atoms with Gasteiger partial charge in [0.2, 0.25) is 5.79 Å². The van der Waals surface area contributed by atoms with Gasteiger partial charge in [0.15, 0.2) is 0 Å². The summed E-state index contributed by atoms with van der Waals surface area (Å²) in [7, 11) is 0. The Balaban J connectivity index is 4.54. The molecule has 0 unspecified atom stereocenters. The maximum atomic E-state index is 5.69. The molecule has 0 aromatic heterocycles. The fraction of sp³-hybridized carbons (Fsp3) is 0.857. The van der Waals surface area contributed by atoms with Crippen LogP contribution in [0.2, 0.25) is 0 Å². The zero-order valence-electron chi connectivity index (χ0n) is 11.7.